The normalized spacial score (nSPS) is 12.5. The molecule has 1 aromatic heterocycles. The van der Waals surface area contributed by atoms with Gasteiger partial charge in [-0.2, -0.15) is 0 Å². The number of nitrogens with zero attached hydrogens (tertiary/aromatic N) is 1. The van der Waals surface area contributed by atoms with Crippen molar-refractivity contribution < 1.29 is 23.4 Å². The summed E-state index contributed by atoms with van der Waals surface area (Å²) in [7, 11) is 0. The SMILES string of the molecule is O=C(/C=C/c1ccc2c(c1)OCO2)OCc1csc(-c2ccc(F)cc2)n1. The smallest absolute Gasteiger partial charge is 0.331 e. The second-order valence-electron chi connectivity index (χ2n) is 5.70. The summed E-state index contributed by atoms with van der Waals surface area (Å²) in [6, 6.07) is 11.5. The van der Waals surface area contributed by atoms with Gasteiger partial charge in [-0.05, 0) is 48.0 Å². The third kappa shape index (κ3) is 4.15. The molecule has 0 spiro atoms. The lowest BCUT2D eigenvalue weighted by Crippen LogP contribution is -2.00. The Kier molecular flexibility index (Phi) is 4.84. The molecule has 0 radical (unpaired) electrons. The molecular formula is C20H14FNO4S. The van der Waals surface area contributed by atoms with Crippen LogP contribution in [0.4, 0.5) is 4.39 Å². The van der Waals surface area contributed by atoms with E-state index in [0.717, 1.165) is 16.1 Å². The number of rotatable bonds is 5. The van der Waals surface area contributed by atoms with Crippen LogP contribution < -0.4 is 9.47 Å². The van der Waals surface area contributed by atoms with E-state index in [-0.39, 0.29) is 19.2 Å². The fourth-order valence-electron chi connectivity index (χ4n) is 2.47. The Morgan fingerprint density at radius 1 is 1.19 bits per heavy atom. The monoisotopic (exact) mass is 383 g/mol. The molecule has 0 unspecified atom stereocenters. The Hall–Kier alpha value is -3.19. The molecule has 0 bridgehead atoms. The number of hydrogen-bond acceptors (Lipinski definition) is 6. The largest absolute Gasteiger partial charge is 0.456 e. The van der Waals surface area contributed by atoms with Crippen LogP contribution in [0, 0.1) is 5.82 Å². The summed E-state index contributed by atoms with van der Waals surface area (Å²) < 4.78 is 28.7. The zero-order chi connectivity index (χ0) is 18.6. The Bertz CT molecular complexity index is 997. The van der Waals surface area contributed by atoms with Gasteiger partial charge in [0.05, 0.1) is 5.69 Å². The van der Waals surface area contributed by atoms with Crippen LogP contribution in [0.2, 0.25) is 0 Å². The van der Waals surface area contributed by atoms with Crippen molar-refractivity contribution in [2.45, 2.75) is 6.61 Å². The van der Waals surface area contributed by atoms with Gasteiger partial charge in [0.2, 0.25) is 6.79 Å². The minimum absolute atomic E-state index is 0.0714. The fraction of sp³-hybridized carbons (Fsp3) is 0.100. The predicted octanol–water partition coefficient (Wildman–Crippen LogP) is 4.43. The van der Waals surface area contributed by atoms with E-state index >= 15 is 0 Å². The first kappa shape index (κ1) is 17.2. The number of thiazole rings is 1. The third-order valence-corrected chi connectivity index (χ3v) is 4.75. The van der Waals surface area contributed by atoms with Crippen molar-refractivity contribution in [1.29, 1.82) is 0 Å². The third-order valence-electron chi connectivity index (χ3n) is 3.81. The van der Waals surface area contributed by atoms with E-state index in [0.29, 0.717) is 17.2 Å². The molecule has 0 fully saturated rings. The summed E-state index contributed by atoms with van der Waals surface area (Å²) in [4.78, 5) is 16.3. The Morgan fingerprint density at radius 2 is 2.00 bits per heavy atom. The molecule has 4 rings (SSSR count). The first-order valence-electron chi connectivity index (χ1n) is 8.12. The molecule has 0 N–H and O–H groups in total. The van der Waals surface area contributed by atoms with Gasteiger partial charge in [0, 0.05) is 17.0 Å². The van der Waals surface area contributed by atoms with Crippen molar-refractivity contribution in [2.24, 2.45) is 0 Å². The molecule has 0 aliphatic carbocycles. The van der Waals surface area contributed by atoms with Crippen LogP contribution in [-0.2, 0) is 16.1 Å². The van der Waals surface area contributed by atoms with Crippen LogP contribution in [0.25, 0.3) is 16.6 Å². The Balaban J connectivity index is 1.33. The summed E-state index contributed by atoms with van der Waals surface area (Å²) in [6.07, 6.45) is 3.00. The standard InChI is InChI=1S/C20H14FNO4S/c21-15-5-3-14(4-6-15)20-22-16(11-27-20)10-24-19(23)8-2-13-1-7-17-18(9-13)26-12-25-17/h1-9,11H,10,12H2/b8-2+. The van der Waals surface area contributed by atoms with E-state index in [2.05, 4.69) is 4.98 Å². The highest BCUT2D eigenvalue weighted by atomic mass is 32.1. The molecule has 3 aromatic rings. The fourth-order valence-corrected chi connectivity index (χ4v) is 3.28. The molecule has 27 heavy (non-hydrogen) atoms. The highest BCUT2D eigenvalue weighted by Gasteiger charge is 2.12. The Morgan fingerprint density at radius 3 is 2.85 bits per heavy atom. The average Bonchev–Trinajstić information content (AvgIpc) is 3.34. The summed E-state index contributed by atoms with van der Waals surface area (Å²) in [5.74, 6) is 0.583. The van der Waals surface area contributed by atoms with Crippen molar-refractivity contribution in [3.8, 4) is 22.1 Å². The zero-order valence-electron chi connectivity index (χ0n) is 14.1. The average molecular weight is 383 g/mol. The van der Waals surface area contributed by atoms with Crippen molar-refractivity contribution in [3.63, 3.8) is 0 Å². The van der Waals surface area contributed by atoms with Gasteiger partial charge in [0.15, 0.2) is 11.5 Å². The number of esters is 1. The first-order valence-corrected chi connectivity index (χ1v) is 9.00. The molecule has 7 heteroatoms. The molecule has 2 aromatic carbocycles. The summed E-state index contributed by atoms with van der Waals surface area (Å²) in [5.41, 5.74) is 2.27. The first-order chi connectivity index (χ1) is 13.2. The lowest BCUT2D eigenvalue weighted by Gasteiger charge is -2.00. The molecule has 0 saturated heterocycles. The molecule has 0 amide bonds. The van der Waals surface area contributed by atoms with Gasteiger partial charge < -0.3 is 14.2 Å². The number of aromatic nitrogens is 1. The van der Waals surface area contributed by atoms with Crippen LogP contribution >= 0.6 is 11.3 Å². The molecule has 0 saturated carbocycles. The summed E-state index contributed by atoms with van der Waals surface area (Å²) >= 11 is 1.41. The summed E-state index contributed by atoms with van der Waals surface area (Å²) in [6.45, 7) is 0.278. The van der Waals surface area contributed by atoms with Crippen LogP contribution in [0.15, 0.2) is 53.9 Å². The lowest BCUT2D eigenvalue weighted by molar-refractivity contribution is -0.139. The van der Waals surface area contributed by atoms with Crippen LogP contribution in [0.3, 0.4) is 0 Å². The number of carbonyl (C=O) groups excluding carboxylic acids is 1. The zero-order valence-corrected chi connectivity index (χ0v) is 14.9. The van der Waals surface area contributed by atoms with Gasteiger partial charge in [0.25, 0.3) is 0 Å². The quantitative estimate of drug-likeness (QED) is 0.482. The molecule has 5 nitrogen and oxygen atoms in total. The maximum atomic E-state index is 13.0. The second-order valence-corrected chi connectivity index (χ2v) is 6.56. The van der Waals surface area contributed by atoms with Crippen LogP contribution in [0.5, 0.6) is 11.5 Å². The molecule has 136 valence electrons. The van der Waals surface area contributed by atoms with Gasteiger partial charge in [-0.15, -0.1) is 11.3 Å². The van der Waals surface area contributed by atoms with Crippen molar-refractivity contribution in [1.82, 2.24) is 4.98 Å². The van der Waals surface area contributed by atoms with E-state index in [4.69, 9.17) is 14.2 Å². The Labute approximate surface area is 158 Å². The van der Waals surface area contributed by atoms with E-state index in [9.17, 15) is 9.18 Å². The van der Waals surface area contributed by atoms with E-state index < -0.39 is 5.97 Å². The highest BCUT2D eigenvalue weighted by molar-refractivity contribution is 7.13. The van der Waals surface area contributed by atoms with Crippen LogP contribution in [-0.4, -0.2) is 17.7 Å². The minimum Gasteiger partial charge on any atom is -0.456 e. The number of benzene rings is 2. The van der Waals surface area contributed by atoms with Gasteiger partial charge >= 0.3 is 5.97 Å². The van der Waals surface area contributed by atoms with Gasteiger partial charge in [-0.1, -0.05) is 6.07 Å². The molecule has 1 aliphatic heterocycles. The molecule has 1 aliphatic rings. The van der Waals surface area contributed by atoms with Gasteiger partial charge in [0.1, 0.15) is 17.4 Å². The van der Waals surface area contributed by atoms with E-state index in [1.165, 1.54) is 29.5 Å². The lowest BCUT2D eigenvalue weighted by atomic mass is 10.2. The van der Waals surface area contributed by atoms with Crippen molar-refractivity contribution >= 4 is 23.4 Å². The molecule has 2 heterocycles. The van der Waals surface area contributed by atoms with Crippen LogP contribution in [0.1, 0.15) is 11.3 Å². The van der Waals surface area contributed by atoms with Gasteiger partial charge in [-0.25, -0.2) is 14.2 Å². The number of hydrogen-bond donors (Lipinski definition) is 0. The number of fused-ring (bicyclic) bond motifs is 1. The van der Waals surface area contributed by atoms with E-state index in [1.54, 1.807) is 30.3 Å². The maximum absolute atomic E-state index is 13.0. The number of halogens is 1. The second kappa shape index (κ2) is 7.59. The van der Waals surface area contributed by atoms with Crippen molar-refractivity contribution in [2.75, 3.05) is 6.79 Å². The van der Waals surface area contributed by atoms with E-state index in [1.807, 2.05) is 11.4 Å². The number of ether oxygens (including phenoxy) is 3. The number of carbonyl (C=O) groups is 1. The minimum atomic E-state index is -0.469. The maximum Gasteiger partial charge on any atom is 0.331 e. The molecule has 0 atom stereocenters. The molecular weight excluding hydrogens is 369 g/mol. The topological polar surface area (TPSA) is 57.7 Å². The highest BCUT2D eigenvalue weighted by Crippen LogP contribution is 2.32. The van der Waals surface area contributed by atoms with Gasteiger partial charge in [-0.3, -0.25) is 0 Å². The predicted molar refractivity (Wildman–Crippen MR) is 98.9 cm³/mol. The summed E-state index contributed by atoms with van der Waals surface area (Å²) in [5, 5.41) is 2.56. The van der Waals surface area contributed by atoms with Crippen molar-refractivity contribution in [3.05, 3.63) is 71.0 Å².